The van der Waals surface area contributed by atoms with Crippen molar-refractivity contribution in [2.45, 2.75) is 32.2 Å². The number of ether oxygens (including phenoxy) is 1. The monoisotopic (exact) mass is 317 g/mol. The van der Waals surface area contributed by atoms with Crippen LogP contribution in [0.5, 0.6) is 0 Å². The lowest BCUT2D eigenvalue weighted by molar-refractivity contribution is 0.192. The summed E-state index contributed by atoms with van der Waals surface area (Å²) in [6.07, 6.45) is 3.31. The Morgan fingerprint density at radius 1 is 1.33 bits per heavy atom. The summed E-state index contributed by atoms with van der Waals surface area (Å²) < 4.78 is 19.5. The molecule has 1 unspecified atom stereocenters. The smallest absolute Gasteiger partial charge is 0.129 e. The predicted octanol–water partition coefficient (Wildman–Crippen LogP) is 4.06. The van der Waals surface area contributed by atoms with E-state index in [4.69, 9.17) is 4.74 Å². The van der Waals surface area contributed by atoms with Crippen LogP contribution in [-0.4, -0.2) is 20.3 Å². The van der Waals surface area contributed by atoms with Gasteiger partial charge in [-0.2, -0.15) is 0 Å². The molecule has 2 nitrogen and oxygen atoms in total. The third kappa shape index (κ3) is 5.46. The maximum atomic E-state index is 13.7. The molecule has 0 aliphatic rings. The van der Waals surface area contributed by atoms with Crippen LogP contribution in [0.1, 0.15) is 37.8 Å². The first-order valence-electron chi connectivity index (χ1n) is 6.32. The Labute approximate surface area is 117 Å². The molecule has 4 heteroatoms. The van der Waals surface area contributed by atoms with E-state index >= 15 is 0 Å². The van der Waals surface area contributed by atoms with Crippen LogP contribution < -0.4 is 5.32 Å². The molecule has 1 atom stereocenters. The summed E-state index contributed by atoms with van der Waals surface area (Å²) in [4.78, 5) is 0. The van der Waals surface area contributed by atoms with Crippen molar-refractivity contribution >= 4 is 15.9 Å². The van der Waals surface area contributed by atoms with Gasteiger partial charge in [0.25, 0.3) is 0 Å². The minimum atomic E-state index is -0.163. The van der Waals surface area contributed by atoms with Crippen molar-refractivity contribution in [3.05, 3.63) is 34.1 Å². The molecule has 0 bridgehead atoms. The highest BCUT2D eigenvalue weighted by atomic mass is 79.9. The number of hydrogen-bond donors (Lipinski definition) is 1. The zero-order valence-electron chi connectivity index (χ0n) is 11.0. The summed E-state index contributed by atoms with van der Waals surface area (Å²) in [5.41, 5.74) is 0.718. The Morgan fingerprint density at radius 2 is 2.11 bits per heavy atom. The molecular formula is C14H21BrFNO. The van der Waals surface area contributed by atoms with Crippen LogP contribution in [-0.2, 0) is 4.74 Å². The molecule has 1 aromatic rings. The lowest BCUT2D eigenvalue weighted by Gasteiger charge is -2.15. The SMILES string of the molecule is COCCCCCNC(C)c1ccc(Br)cc1F. The standard InChI is InChI=1S/C14H21BrFNO/c1-11(17-8-4-3-5-9-18-2)13-7-6-12(15)10-14(13)16/h6-7,10-11,17H,3-5,8-9H2,1-2H3. The van der Waals surface area contributed by atoms with E-state index in [0.29, 0.717) is 0 Å². The summed E-state index contributed by atoms with van der Waals surface area (Å²) in [5, 5.41) is 3.34. The van der Waals surface area contributed by atoms with E-state index in [1.165, 1.54) is 6.07 Å². The van der Waals surface area contributed by atoms with Gasteiger partial charge in [0.1, 0.15) is 5.82 Å². The quantitative estimate of drug-likeness (QED) is 0.730. The molecule has 18 heavy (non-hydrogen) atoms. The number of unbranched alkanes of at least 4 members (excludes halogenated alkanes) is 2. The van der Waals surface area contributed by atoms with Crippen molar-refractivity contribution < 1.29 is 9.13 Å². The fraction of sp³-hybridized carbons (Fsp3) is 0.571. The molecule has 1 aromatic carbocycles. The summed E-state index contributed by atoms with van der Waals surface area (Å²) in [5.74, 6) is -0.163. The molecule has 0 heterocycles. The molecule has 0 fully saturated rings. The zero-order chi connectivity index (χ0) is 13.4. The number of methoxy groups -OCH3 is 1. The van der Waals surface area contributed by atoms with Gasteiger partial charge in [0.2, 0.25) is 0 Å². The van der Waals surface area contributed by atoms with E-state index in [0.717, 1.165) is 42.5 Å². The van der Waals surface area contributed by atoms with Crippen LogP contribution in [0.3, 0.4) is 0 Å². The lowest BCUT2D eigenvalue weighted by Crippen LogP contribution is -2.20. The average molecular weight is 318 g/mol. The van der Waals surface area contributed by atoms with Crippen molar-refractivity contribution in [1.29, 1.82) is 0 Å². The zero-order valence-corrected chi connectivity index (χ0v) is 12.6. The van der Waals surface area contributed by atoms with E-state index in [9.17, 15) is 4.39 Å². The van der Waals surface area contributed by atoms with Gasteiger partial charge in [-0.1, -0.05) is 22.0 Å². The fourth-order valence-electron chi connectivity index (χ4n) is 1.83. The Bertz CT molecular complexity index is 360. The Balaban J connectivity index is 2.29. The Hall–Kier alpha value is -0.450. The molecular weight excluding hydrogens is 297 g/mol. The third-order valence-corrected chi connectivity index (χ3v) is 3.40. The number of rotatable bonds is 8. The van der Waals surface area contributed by atoms with E-state index in [1.54, 1.807) is 7.11 Å². The minimum absolute atomic E-state index is 0.0422. The third-order valence-electron chi connectivity index (χ3n) is 2.90. The highest BCUT2D eigenvalue weighted by molar-refractivity contribution is 9.10. The summed E-state index contributed by atoms with van der Waals surface area (Å²) in [7, 11) is 1.72. The first-order chi connectivity index (χ1) is 8.65. The summed E-state index contributed by atoms with van der Waals surface area (Å²) in [6, 6.07) is 5.24. The molecule has 1 rings (SSSR count). The van der Waals surface area contributed by atoms with Crippen molar-refractivity contribution in [3.8, 4) is 0 Å². The first kappa shape index (κ1) is 15.6. The number of halogens is 2. The number of benzene rings is 1. The van der Waals surface area contributed by atoms with Crippen LogP contribution in [0.25, 0.3) is 0 Å². The molecule has 102 valence electrons. The van der Waals surface area contributed by atoms with Gasteiger partial charge in [-0.15, -0.1) is 0 Å². The lowest BCUT2D eigenvalue weighted by atomic mass is 10.1. The Kier molecular flexibility index (Phi) is 7.47. The molecule has 0 aliphatic heterocycles. The van der Waals surface area contributed by atoms with E-state index in [2.05, 4.69) is 21.2 Å². The molecule has 0 saturated heterocycles. The predicted molar refractivity (Wildman–Crippen MR) is 76.2 cm³/mol. The first-order valence-corrected chi connectivity index (χ1v) is 7.11. The highest BCUT2D eigenvalue weighted by Gasteiger charge is 2.10. The van der Waals surface area contributed by atoms with Gasteiger partial charge in [0.15, 0.2) is 0 Å². The molecule has 0 spiro atoms. The number of nitrogens with one attached hydrogen (secondary N) is 1. The van der Waals surface area contributed by atoms with Gasteiger partial charge < -0.3 is 10.1 Å². The van der Waals surface area contributed by atoms with Crippen LogP contribution in [0, 0.1) is 5.82 Å². The fourth-order valence-corrected chi connectivity index (χ4v) is 2.16. The highest BCUT2D eigenvalue weighted by Crippen LogP contribution is 2.20. The second kappa shape index (κ2) is 8.62. The van der Waals surface area contributed by atoms with Gasteiger partial charge >= 0.3 is 0 Å². The second-order valence-electron chi connectivity index (χ2n) is 4.40. The molecule has 0 aromatic heterocycles. The van der Waals surface area contributed by atoms with E-state index in [1.807, 2.05) is 19.1 Å². The van der Waals surface area contributed by atoms with Crippen molar-refractivity contribution in [2.24, 2.45) is 0 Å². The van der Waals surface area contributed by atoms with Gasteiger partial charge in [0, 0.05) is 29.8 Å². The minimum Gasteiger partial charge on any atom is -0.385 e. The molecule has 1 N–H and O–H groups in total. The van der Waals surface area contributed by atoms with Crippen LogP contribution in [0.2, 0.25) is 0 Å². The van der Waals surface area contributed by atoms with Crippen LogP contribution in [0.4, 0.5) is 4.39 Å². The van der Waals surface area contributed by atoms with Gasteiger partial charge in [0.05, 0.1) is 0 Å². The van der Waals surface area contributed by atoms with Crippen LogP contribution >= 0.6 is 15.9 Å². The van der Waals surface area contributed by atoms with Gasteiger partial charge in [-0.05, 0) is 44.9 Å². The van der Waals surface area contributed by atoms with Crippen molar-refractivity contribution in [3.63, 3.8) is 0 Å². The Morgan fingerprint density at radius 3 is 2.78 bits per heavy atom. The molecule has 0 amide bonds. The number of hydrogen-bond acceptors (Lipinski definition) is 2. The second-order valence-corrected chi connectivity index (χ2v) is 5.31. The molecule has 0 saturated carbocycles. The molecule has 0 aliphatic carbocycles. The maximum absolute atomic E-state index is 13.7. The largest absolute Gasteiger partial charge is 0.385 e. The maximum Gasteiger partial charge on any atom is 0.129 e. The summed E-state index contributed by atoms with van der Waals surface area (Å²) in [6.45, 7) is 3.71. The average Bonchev–Trinajstić information content (AvgIpc) is 2.33. The topological polar surface area (TPSA) is 21.3 Å². The van der Waals surface area contributed by atoms with Gasteiger partial charge in [-0.25, -0.2) is 4.39 Å². The summed E-state index contributed by atoms with van der Waals surface area (Å²) >= 11 is 3.26. The van der Waals surface area contributed by atoms with Crippen LogP contribution in [0.15, 0.2) is 22.7 Å². The molecule has 0 radical (unpaired) electrons. The van der Waals surface area contributed by atoms with E-state index in [-0.39, 0.29) is 11.9 Å². The van der Waals surface area contributed by atoms with Crippen molar-refractivity contribution in [2.75, 3.05) is 20.3 Å². The normalized spacial score (nSPS) is 12.7. The van der Waals surface area contributed by atoms with Gasteiger partial charge in [-0.3, -0.25) is 0 Å². The van der Waals surface area contributed by atoms with Crippen molar-refractivity contribution in [1.82, 2.24) is 5.32 Å². The van der Waals surface area contributed by atoms with E-state index < -0.39 is 0 Å².